The summed E-state index contributed by atoms with van der Waals surface area (Å²) in [7, 11) is 0. The van der Waals surface area contributed by atoms with Gasteiger partial charge in [-0.15, -0.1) is 0 Å². The van der Waals surface area contributed by atoms with Gasteiger partial charge < -0.3 is 10.1 Å². The van der Waals surface area contributed by atoms with Gasteiger partial charge in [0.15, 0.2) is 0 Å². The Labute approximate surface area is 111 Å². The number of anilines is 1. The van der Waals surface area contributed by atoms with Crippen molar-refractivity contribution in [1.82, 2.24) is 0 Å². The molecule has 0 heterocycles. The molecule has 0 bridgehead atoms. The first-order valence-corrected chi connectivity index (χ1v) is 6.90. The van der Waals surface area contributed by atoms with Crippen molar-refractivity contribution in [3.05, 3.63) is 29.3 Å². The fraction of sp³-hybridized carbons (Fsp3) is 0.625. The van der Waals surface area contributed by atoms with Gasteiger partial charge in [-0.1, -0.05) is 19.9 Å². The molecule has 2 atom stereocenters. The summed E-state index contributed by atoms with van der Waals surface area (Å²) in [5.41, 5.74) is 4.08. The molecule has 1 aromatic rings. The van der Waals surface area contributed by atoms with E-state index in [9.17, 15) is 0 Å². The third-order valence-electron chi connectivity index (χ3n) is 4.11. The minimum atomic E-state index is 0.216. The summed E-state index contributed by atoms with van der Waals surface area (Å²) < 4.78 is 5.77. The van der Waals surface area contributed by atoms with Gasteiger partial charge in [-0.2, -0.15) is 0 Å². The smallest absolute Gasteiger partial charge is 0.0665 e. The quantitative estimate of drug-likeness (QED) is 0.870. The van der Waals surface area contributed by atoms with E-state index in [-0.39, 0.29) is 5.41 Å². The van der Waals surface area contributed by atoms with Crippen LogP contribution in [0.3, 0.4) is 0 Å². The summed E-state index contributed by atoms with van der Waals surface area (Å²) in [6.45, 7) is 11.7. The number of hydrogen-bond donors (Lipinski definition) is 1. The molecule has 100 valence electrons. The minimum Gasteiger partial charge on any atom is -0.382 e. The Hall–Kier alpha value is -1.02. The predicted molar refractivity (Wildman–Crippen MR) is 77.1 cm³/mol. The van der Waals surface area contributed by atoms with Crippen LogP contribution < -0.4 is 5.32 Å². The molecule has 1 N–H and O–H groups in total. The van der Waals surface area contributed by atoms with Crippen molar-refractivity contribution in [2.75, 3.05) is 11.9 Å². The highest BCUT2D eigenvalue weighted by atomic mass is 16.5. The molecule has 0 radical (unpaired) electrons. The number of hydrogen-bond acceptors (Lipinski definition) is 2. The van der Waals surface area contributed by atoms with Crippen molar-refractivity contribution in [2.45, 2.75) is 53.2 Å². The monoisotopic (exact) mass is 247 g/mol. The van der Waals surface area contributed by atoms with Crippen LogP contribution in [0.15, 0.2) is 18.2 Å². The third kappa shape index (κ3) is 2.54. The van der Waals surface area contributed by atoms with E-state index < -0.39 is 0 Å². The SMILES string of the molecule is CCOC1CC(Nc2cc(C)cc(C)c2)C1(C)C. The maximum Gasteiger partial charge on any atom is 0.0665 e. The second-order valence-electron chi connectivity index (χ2n) is 6.07. The highest BCUT2D eigenvalue weighted by Crippen LogP contribution is 2.44. The highest BCUT2D eigenvalue weighted by molar-refractivity contribution is 5.50. The second-order valence-corrected chi connectivity index (χ2v) is 6.07. The van der Waals surface area contributed by atoms with Crippen molar-refractivity contribution in [3.8, 4) is 0 Å². The maximum atomic E-state index is 5.77. The number of aryl methyl sites for hydroxylation is 2. The number of benzene rings is 1. The molecule has 0 amide bonds. The summed E-state index contributed by atoms with van der Waals surface area (Å²) in [5, 5.41) is 3.66. The fourth-order valence-electron chi connectivity index (χ4n) is 2.87. The molecule has 1 aliphatic carbocycles. The molecule has 2 nitrogen and oxygen atoms in total. The molecular weight excluding hydrogens is 222 g/mol. The van der Waals surface area contributed by atoms with E-state index >= 15 is 0 Å². The first-order valence-electron chi connectivity index (χ1n) is 6.90. The number of rotatable bonds is 4. The lowest BCUT2D eigenvalue weighted by Gasteiger charge is -2.52. The minimum absolute atomic E-state index is 0.216. The van der Waals surface area contributed by atoms with Gasteiger partial charge in [-0.05, 0) is 50.5 Å². The third-order valence-corrected chi connectivity index (χ3v) is 4.11. The van der Waals surface area contributed by atoms with Gasteiger partial charge in [0.1, 0.15) is 0 Å². The summed E-state index contributed by atoms with van der Waals surface area (Å²) in [5.74, 6) is 0. The van der Waals surface area contributed by atoms with Crippen LogP contribution in [0.4, 0.5) is 5.69 Å². The van der Waals surface area contributed by atoms with E-state index in [0.717, 1.165) is 13.0 Å². The summed E-state index contributed by atoms with van der Waals surface area (Å²) >= 11 is 0. The largest absolute Gasteiger partial charge is 0.382 e. The average Bonchev–Trinajstić information content (AvgIpc) is 2.26. The fourth-order valence-corrected chi connectivity index (χ4v) is 2.87. The van der Waals surface area contributed by atoms with Crippen molar-refractivity contribution >= 4 is 5.69 Å². The Balaban J connectivity index is 2.03. The highest BCUT2D eigenvalue weighted by Gasteiger charge is 2.48. The van der Waals surface area contributed by atoms with Crippen LogP contribution in [0, 0.1) is 19.3 Å². The Morgan fingerprint density at radius 1 is 1.22 bits per heavy atom. The zero-order chi connectivity index (χ0) is 13.3. The molecule has 0 aliphatic heterocycles. The number of ether oxygens (including phenoxy) is 1. The van der Waals surface area contributed by atoms with Gasteiger partial charge >= 0.3 is 0 Å². The van der Waals surface area contributed by atoms with Gasteiger partial charge in [0, 0.05) is 23.8 Å². The lowest BCUT2D eigenvalue weighted by Crippen LogP contribution is -2.58. The van der Waals surface area contributed by atoms with Crippen LogP contribution in [0.2, 0.25) is 0 Å². The molecule has 0 aromatic heterocycles. The van der Waals surface area contributed by atoms with Crippen LogP contribution >= 0.6 is 0 Å². The van der Waals surface area contributed by atoms with Gasteiger partial charge in [-0.25, -0.2) is 0 Å². The van der Waals surface area contributed by atoms with Crippen molar-refractivity contribution in [2.24, 2.45) is 5.41 Å². The van der Waals surface area contributed by atoms with Crippen molar-refractivity contribution in [3.63, 3.8) is 0 Å². The van der Waals surface area contributed by atoms with Crippen LogP contribution in [-0.2, 0) is 4.74 Å². The molecule has 0 saturated heterocycles. The van der Waals surface area contributed by atoms with Crippen molar-refractivity contribution in [1.29, 1.82) is 0 Å². The second kappa shape index (κ2) is 4.93. The van der Waals surface area contributed by atoms with Gasteiger partial charge in [0.05, 0.1) is 6.10 Å². The van der Waals surface area contributed by atoms with Gasteiger partial charge in [0.2, 0.25) is 0 Å². The van der Waals surface area contributed by atoms with Crippen LogP contribution in [0.1, 0.15) is 38.3 Å². The molecule has 1 aromatic carbocycles. The normalized spacial score (nSPS) is 25.6. The average molecular weight is 247 g/mol. The summed E-state index contributed by atoms with van der Waals surface area (Å²) in [6.07, 6.45) is 1.50. The Morgan fingerprint density at radius 2 is 1.83 bits per heavy atom. The van der Waals surface area contributed by atoms with Crippen molar-refractivity contribution < 1.29 is 4.74 Å². The molecule has 1 saturated carbocycles. The van der Waals surface area contributed by atoms with E-state index in [0.29, 0.717) is 12.1 Å². The number of nitrogens with one attached hydrogen (secondary N) is 1. The van der Waals surface area contributed by atoms with Gasteiger partial charge in [0.25, 0.3) is 0 Å². The van der Waals surface area contributed by atoms with E-state index in [1.54, 1.807) is 0 Å². The molecule has 18 heavy (non-hydrogen) atoms. The molecule has 2 rings (SSSR count). The summed E-state index contributed by atoms with van der Waals surface area (Å²) in [4.78, 5) is 0. The predicted octanol–water partition coefficient (Wildman–Crippen LogP) is 3.92. The van der Waals surface area contributed by atoms with Crippen LogP contribution in [0.25, 0.3) is 0 Å². The lowest BCUT2D eigenvalue weighted by molar-refractivity contribution is -0.0975. The first-order chi connectivity index (χ1) is 8.43. The molecule has 2 unspecified atom stereocenters. The Morgan fingerprint density at radius 3 is 2.33 bits per heavy atom. The zero-order valence-electron chi connectivity index (χ0n) is 12.2. The molecular formula is C16H25NO. The van der Waals surface area contributed by atoms with Crippen LogP contribution in [0.5, 0.6) is 0 Å². The first kappa shape index (κ1) is 13.4. The van der Waals surface area contributed by atoms with Crippen LogP contribution in [-0.4, -0.2) is 18.8 Å². The lowest BCUT2D eigenvalue weighted by atomic mass is 9.64. The summed E-state index contributed by atoms with van der Waals surface area (Å²) in [6, 6.07) is 7.16. The zero-order valence-corrected chi connectivity index (χ0v) is 12.2. The van der Waals surface area contributed by atoms with E-state index in [4.69, 9.17) is 4.74 Å². The Bertz CT molecular complexity index is 405. The molecule has 0 spiro atoms. The standard InChI is InChI=1S/C16H25NO/c1-6-18-15-10-14(16(15,4)5)17-13-8-11(2)7-12(3)9-13/h7-9,14-15,17H,6,10H2,1-5H3. The van der Waals surface area contributed by atoms with E-state index in [1.807, 2.05) is 0 Å². The van der Waals surface area contributed by atoms with Gasteiger partial charge in [-0.3, -0.25) is 0 Å². The Kier molecular flexibility index (Phi) is 3.67. The van der Waals surface area contributed by atoms with E-state index in [2.05, 4.69) is 58.1 Å². The maximum absolute atomic E-state index is 5.77. The molecule has 2 heteroatoms. The van der Waals surface area contributed by atoms with E-state index in [1.165, 1.54) is 16.8 Å². The molecule has 1 fully saturated rings. The molecule has 1 aliphatic rings. The topological polar surface area (TPSA) is 21.3 Å².